The standard InChI is InChI=1S/C23H16ClFN4O2/c24-17-12-16(6-7-19(17)31-13-14-3-1-4-15(25)11-14)27-18-8-9-26-23-21(18)28-22(29-23)20-5-2-10-30-20/h1-12H,13H2,(H2,26,27,28,29). The lowest BCUT2D eigenvalue weighted by atomic mass is 10.2. The summed E-state index contributed by atoms with van der Waals surface area (Å²) in [6.45, 7) is 0.221. The van der Waals surface area contributed by atoms with Gasteiger partial charge in [-0.2, -0.15) is 0 Å². The number of pyridine rings is 1. The topological polar surface area (TPSA) is 76.0 Å². The van der Waals surface area contributed by atoms with E-state index >= 15 is 0 Å². The second-order valence-corrected chi connectivity index (χ2v) is 7.22. The summed E-state index contributed by atoms with van der Waals surface area (Å²) in [7, 11) is 0. The average Bonchev–Trinajstić information content (AvgIpc) is 3.43. The molecule has 0 spiro atoms. The molecule has 0 saturated heterocycles. The van der Waals surface area contributed by atoms with Gasteiger partial charge in [0.2, 0.25) is 0 Å². The van der Waals surface area contributed by atoms with Crippen LogP contribution in [-0.2, 0) is 6.61 Å². The van der Waals surface area contributed by atoms with Gasteiger partial charge in [0, 0.05) is 11.9 Å². The molecule has 0 aliphatic heterocycles. The highest BCUT2D eigenvalue weighted by molar-refractivity contribution is 6.32. The van der Waals surface area contributed by atoms with Crippen LogP contribution in [0.25, 0.3) is 22.7 Å². The number of imidazole rings is 1. The van der Waals surface area contributed by atoms with E-state index in [1.54, 1.807) is 42.8 Å². The van der Waals surface area contributed by atoms with Gasteiger partial charge < -0.3 is 19.5 Å². The van der Waals surface area contributed by atoms with Gasteiger partial charge in [-0.25, -0.2) is 14.4 Å². The summed E-state index contributed by atoms with van der Waals surface area (Å²) in [5.74, 6) is 1.44. The molecule has 0 saturated carbocycles. The number of benzene rings is 2. The molecule has 2 N–H and O–H groups in total. The van der Waals surface area contributed by atoms with Crippen LogP contribution in [0.15, 0.2) is 77.5 Å². The Morgan fingerprint density at radius 1 is 1.10 bits per heavy atom. The minimum atomic E-state index is -0.301. The Kier molecular flexibility index (Phi) is 5.01. The number of aromatic nitrogens is 3. The lowest BCUT2D eigenvalue weighted by Gasteiger charge is -2.11. The summed E-state index contributed by atoms with van der Waals surface area (Å²) in [6, 6.07) is 17.1. The van der Waals surface area contributed by atoms with Crippen LogP contribution in [0.3, 0.4) is 0 Å². The zero-order chi connectivity index (χ0) is 21.2. The van der Waals surface area contributed by atoms with Gasteiger partial charge in [-0.3, -0.25) is 0 Å². The van der Waals surface area contributed by atoms with Crippen LogP contribution in [0.5, 0.6) is 5.75 Å². The van der Waals surface area contributed by atoms with Gasteiger partial charge in [-0.1, -0.05) is 23.7 Å². The van der Waals surface area contributed by atoms with E-state index in [1.165, 1.54) is 12.1 Å². The quantitative estimate of drug-likeness (QED) is 0.326. The van der Waals surface area contributed by atoms with E-state index in [9.17, 15) is 4.39 Å². The molecular weight excluding hydrogens is 419 g/mol. The molecule has 6 nitrogen and oxygen atoms in total. The van der Waals surface area contributed by atoms with E-state index < -0.39 is 0 Å². The summed E-state index contributed by atoms with van der Waals surface area (Å²) in [5.41, 5.74) is 3.60. The van der Waals surface area contributed by atoms with E-state index in [0.29, 0.717) is 28.0 Å². The molecule has 2 aromatic carbocycles. The molecule has 0 fully saturated rings. The second kappa shape index (κ2) is 8.12. The molecule has 3 heterocycles. The molecular formula is C23H16ClFN4O2. The van der Waals surface area contributed by atoms with Gasteiger partial charge in [-0.05, 0) is 54.1 Å². The molecule has 3 aromatic heterocycles. The molecule has 5 aromatic rings. The van der Waals surface area contributed by atoms with Crippen LogP contribution in [0, 0.1) is 5.82 Å². The van der Waals surface area contributed by atoms with E-state index in [-0.39, 0.29) is 12.4 Å². The van der Waals surface area contributed by atoms with Crippen molar-refractivity contribution < 1.29 is 13.5 Å². The van der Waals surface area contributed by atoms with Crippen LogP contribution in [0.1, 0.15) is 5.56 Å². The first kappa shape index (κ1) is 19.1. The molecule has 154 valence electrons. The Morgan fingerprint density at radius 3 is 2.84 bits per heavy atom. The summed E-state index contributed by atoms with van der Waals surface area (Å²) >= 11 is 6.40. The van der Waals surface area contributed by atoms with Crippen molar-refractivity contribution in [2.24, 2.45) is 0 Å². The SMILES string of the molecule is Fc1cccc(COc2ccc(Nc3ccnc4nc(-c5ccco5)[nH]c34)cc2Cl)c1. The van der Waals surface area contributed by atoms with Crippen LogP contribution < -0.4 is 10.1 Å². The number of ether oxygens (including phenoxy) is 1. The maximum atomic E-state index is 13.3. The first-order chi connectivity index (χ1) is 15.2. The Morgan fingerprint density at radius 2 is 2.03 bits per heavy atom. The Bertz CT molecular complexity index is 1350. The number of nitrogens with zero attached hydrogens (tertiary/aromatic N) is 2. The first-order valence-corrected chi connectivity index (χ1v) is 9.86. The fraction of sp³-hybridized carbons (Fsp3) is 0.0435. The van der Waals surface area contributed by atoms with Crippen LogP contribution in [0.2, 0.25) is 5.02 Å². The number of halogens is 2. The highest BCUT2D eigenvalue weighted by Crippen LogP contribution is 2.32. The van der Waals surface area contributed by atoms with Crippen molar-refractivity contribution in [1.29, 1.82) is 0 Å². The third-order valence-electron chi connectivity index (χ3n) is 4.64. The predicted molar refractivity (Wildman–Crippen MR) is 117 cm³/mol. The van der Waals surface area contributed by atoms with Crippen molar-refractivity contribution in [3.63, 3.8) is 0 Å². The van der Waals surface area contributed by atoms with E-state index in [0.717, 1.165) is 22.5 Å². The Balaban J connectivity index is 1.35. The molecule has 0 atom stereocenters. The number of rotatable bonds is 6. The summed E-state index contributed by atoms with van der Waals surface area (Å²) in [5, 5.41) is 3.76. The monoisotopic (exact) mass is 434 g/mol. The van der Waals surface area contributed by atoms with Gasteiger partial charge in [0.25, 0.3) is 0 Å². The minimum absolute atomic E-state index is 0.221. The Labute approximate surface area is 181 Å². The number of H-pyrrole nitrogens is 1. The maximum Gasteiger partial charge on any atom is 0.180 e. The number of hydrogen-bond donors (Lipinski definition) is 2. The van der Waals surface area contributed by atoms with Gasteiger partial charge in [0.05, 0.1) is 17.0 Å². The van der Waals surface area contributed by atoms with Crippen molar-refractivity contribution in [2.45, 2.75) is 6.61 Å². The molecule has 0 amide bonds. The van der Waals surface area contributed by atoms with E-state index in [2.05, 4.69) is 20.3 Å². The first-order valence-electron chi connectivity index (χ1n) is 9.48. The number of hydrogen-bond acceptors (Lipinski definition) is 5. The predicted octanol–water partition coefficient (Wildman–Crippen LogP) is 6.33. The van der Waals surface area contributed by atoms with E-state index in [1.807, 2.05) is 18.2 Å². The average molecular weight is 435 g/mol. The molecule has 0 radical (unpaired) electrons. The molecule has 31 heavy (non-hydrogen) atoms. The molecule has 0 aliphatic carbocycles. The fourth-order valence-electron chi connectivity index (χ4n) is 3.18. The van der Waals surface area contributed by atoms with Crippen molar-refractivity contribution >= 4 is 34.1 Å². The van der Waals surface area contributed by atoms with E-state index in [4.69, 9.17) is 20.8 Å². The number of anilines is 2. The van der Waals surface area contributed by atoms with Crippen LogP contribution in [0.4, 0.5) is 15.8 Å². The number of aromatic amines is 1. The molecule has 5 rings (SSSR count). The second-order valence-electron chi connectivity index (χ2n) is 6.81. The zero-order valence-electron chi connectivity index (χ0n) is 16.1. The van der Waals surface area contributed by atoms with Crippen LogP contribution in [-0.4, -0.2) is 15.0 Å². The molecule has 0 unspecified atom stereocenters. The minimum Gasteiger partial charge on any atom is -0.487 e. The smallest absolute Gasteiger partial charge is 0.180 e. The lowest BCUT2D eigenvalue weighted by Crippen LogP contribution is -1.97. The summed E-state index contributed by atoms with van der Waals surface area (Å²) in [4.78, 5) is 12.0. The van der Waals surface area contributed by atoms with Crippen LogP contribution >= 0.6 is 11.6 Å². The molecule has 0 aliphatic rings. The number of nitrogens with one attached hydrogen (secondary N) is 2. The van der Waals surface area contributed by atoms with Crippen molar-refractivity contribution in [2.75, 3.05) is 5.32 Å². The highest BCUT2D eigenvalue weighted by Gasteiger charge is 2.12. The third kappa shape index (κ3) is 4.08. The van der Waals surface area contributed by atoms with Gasteiger partial charge in [0.1, 0.15) is 23.7 Å². The molecule has 8 heteroatoms. The number of furan rings is 1. The Hall–Kier alpha value is -3.84. The highest BCUT2D eigenvalue weighted by atomic mass is 35.5. The fourth-order valence-corrected chi connectivity index (χ4v) is 3.42. The normalized spacial score (nSPS) is 11.0. The van der Waals surface area contributed by atoms with Gasteiger partial charge >= 0.3 is 0 Å². The third-order valence-corrected chi connectivity index (χ3v) is 4.94. The largest absolute Gasteiger partial charge is 0.487 e. The van der Waals surface area contributed by atoms with Gasteiger partial charge in [0.15, 0.2) is 17.2 Å². The van der Waals surface area contributed by atoms with Crippen molar-refractivity contribution in [3.8, 4) is 17.3 Å². The number of fused-ring (bicyclic) bond motifs is 1. The van der Waals surface area contributed by atoms with Crippen molar-refractivity contribution in [3.05, 3.63) is 89.5 Å². The molecule has 0 bridgehead atoms. The lowest BCUT2D eigenvalue weighted by molar-refractivity contribution is 0.306. The maximum absolute atomic E-state index is 13.3. The van der Waals surface area contributed by atoms with Crippen molar-refractivity contribution in [1.82, 2.24) is 15.0 Å². The van der Waals surface area contributed by atoms with Gasteiger partial charge in [-0.15, -0.1) is 0 Å². The summed E-state index contributed by atoms with van der Waals surface area (Å²) < 4.78 is 24.5. The zero-order valence-corrected chi connectivity index (χ0v) is 16.9. The summed E-state index contributed by atoms with van der Waals surface area (Å²) in [6.07, 6.45) is 3.27.